The number of carbonyl (C=O) groups excluding carboxylic acids is 1. The van der Waals surface area contributed by atoms with E-state index in [1.807, 2.05) is 13.8 Å². The summed E-state index contributed by atoms with van der Waals surface area (Å²) in [6, 6.07) is 0. The lowest BCUT2D eigenvalue weighted by atomic mass is 9.87. The Balaban J connectivity index is 4.30. The lowest BCUT2D eigenvalue weighted by Gasteiger charge is -2.31. The molecule has 0 aromatic carbocycles. The van der Waals surface area contributed by atoms with Crippen LogP contribution in [0.2, 0.25) is 0 Å². The minimum Gasteiger partial charge on any atom is -0.468 e. The number of ether oxygens (including phenoxy) is 1. The number of nitrogens with one attached hydrogen (secondary N) is 1. The van der Waals surface area contributed by atoms with Crippen molar-refractivity contribution in [2.24, 2.45) is 5.41 Å². The molecule has 2 N–H and O–H groups in total. The molecule has 0 spiro atoms. The lowest BCUT2D eigenvalue weighted by molar-refractivity contribution is -0.147. The van der Waals surface area contributed by atoms with Crippen molar-refractivity contribution >= 4 is 5.97 Å². The van der Waals surface area contributed by atoms with Crippen LogP contribution < -0.4 is 5.32 Å². The van der Waals surface area contributed by atoms with Gasteiger partial charge >= 0.3 is 5.97 Å². The molecule has 4 nitrogen and oxygen atoms in total. The van der Waals surface area contributed by atoms with Crippen molar-refractivity contribution in [1.82, 2.24) is 5.32 Å². The first kappa shape index (κ1) is 14.4. The average molecular weight is 217 g/mol. The first-order valence-corrected chi connectivity index (χ1v) is 5.25. The van der Waals surface area contributed by atoms with Crippen molar-refractivity contribution in [3.8, 4) is 0 Å². The number of hydrogen-bond donors (Lipinski definition) is 2. The molecule has 0 amide bonds. The van der Waals surface area contributed by atoms with Crippen molar-refractivity contribution in [2.75, 3.05) is 20.3 Å². The number of esters is 1. The molecule has 15 heavy (non-hydrogen) atoms. The third-order valence-electron chi connectivity index (χ3n) is 2.89. The zero-order valence-electron chi connectivity index (χ0n) is 10.4. The summed E-state index contributed by atoms with van der Waals surface area (Å²) in [5, 5.41) is 12.3. The van der Waals surface area contributed by atoms with Gasteiger partial charge in [-0.25, -0.2) is 0 Å². The van der Waals surface area contributed by atoms with Gasteiger partial charge in [-0.2, -0.15) is 0 Å². The van der Waals surface area contributed by atoms with E-state index in [2.05, 4.69) is 10.1 Å². The molecule has 0 aliphatic heterocycles. The summed E-state index contributed by atoms with van der Waals surface area (Å²) in [5.74, 6) is -0.293. The van der Waals surface area contributed by atoms with E-state index >= 15 is 0 Å². The SMILES string of the molecule is CCC(C)(CO)CNC(C)(C)C(=O)OC. The zero-order valence-corrected chi connectivity index (χ0v) is 10.4. The number of rotatable bonds is 6. The molecule has 0 fully saturated rings. The fraction of sp³-hybridized carbons (Fsp3) is 0.909. The molecule has 0 aromatic rings. The van der Waals surface area contributed by atoms with Crippen LogP contribution in [-0.4, -0.2) is 36.9 Å². The Morgan fingerprint density at radius 2 is 1.93 bits per heavy atom. The molecule has 0 rings (SSSR count). The lowest BCUT2D eigenvalue weighted by Crippen LogP contribution is -2.51. The Labute approximate surface area is 92.0 Å². The summed E-state index contributed by atoms with van der Waals surface area (Å²) >= 11 is 0. The van der Waals surface area contributed by atoms with Gasteiger partial charge in [0.05, 0.1) is 7.11 Å². The van der Waals surface area contributed by atoms with Crippen LogP contribution in [0.15, 0.2) is 0 Å². The monoisotopic (exact) mass is 217 g/mol. The van der Waals surface area contributed by atoms with Crippen molar-refractivity contribution in [3.05, 3.63) is 0 Å². The van der Waals surface area contributed by atoms with Gasteiger partial charge in [0.25, 0.3) is 0 Å². The normalized spacial score (nSPS) is 15.9. The van der Waals surface area contributed by atoms with Crippen molar-refractivity contribution in [3.63, 3.8) is 0 Å². The molecule has 0 radical (unpaired) electrons. The Morgan fingerprint density at radius 3 is 2.27 bits per heavy atom. The van der Waals surface area contributed by atoms with Crippen LogP contribution >= 0.6 is 0 Å². The van der Waals surface area contributed by atoms with Gasteiger partial charge in [-0.15, -0.1) is 0 Å². The van der Waals surface area contributed by atoms with E-state index < -0.39 is 5.54 Å². The van der Waals surface area contributed by atoms with Gasteiger partial charge in [0.15, 0.2) is 0 Å². The number of aliphatic hydroxyl groups is 1. The second kappa shape index (κ2) is 5.47. The Kier molecular flexibility index (Phi) is 5.24. The molecule has 4 heteroatoms. The molecule has 0 saturated heterocycles. The van der Waals surface area contributed by atoms with E-state index in [9.17, 15) is 9.90 Å². The summed E-state index contributed by atoms with van der Waals surface area (Å²) < 4.78 is 4.68. The van der Waals surface area contributed by atoms with Gasteiger partial charge in [0.1, 0.15) is 5.54 Å². The van der Waals surface area contributed by atoms with Crippen molar-refractivity contribution in [2.45, 2.75) is 39.7 Å². The highest BCUT2D eigenvalue weighted by atomic mass is 16.5. The maximum Gasteiger partial charge on any atom is 0.325 e. The minimum atomic E-state index is -0.708. The highest BCUT2D eigenvalue weighted by Crippen LogP contribution is 2.20. The van der Waals surface area contributed by atoms with Gasteiger partial charge < -0.3 is 15.2 Å². The summed E-state index contributed by atoms with van der Waals surface area (Å²) in [5.41, 5.74) is -0.897. The highest BCUT2D eigenvalue weighted by molar-refractivity contribution is 5.79. The maximum absolute atomic E-state index is 11.4. The Hall–Kier alpha value is -0.610. The molecule has 0 saturated carbocycles. The number of methoxy groups -OCH3 is 1. The topological polar surface area (TPSA) is 58.6 Å². The van der Waals surface area contributed by atoms with Crippen LogP contribution in [0.4, 0.5) is 0 Å². The average Bonchev–Trinajstić information content (AvgIpc) is 2.24. The Bertz CT molecular complexity index is 210. The van der Waals surface area contributed by atoms with E-state index in [1.54, 1.807) is 13.8 Å². The van der Waals surface area contributed by atoms with E-state index in [0.717, 1.165) is 6.42 Å². The molecular formula is C11H23NO3. The van der Waals surface area contributed by atoms with Crippen LogP contribution in [0.5, 0.6) is 0 Å². The van der Waals surface area contributed by atoms with Gasteiger partial charge in [-0.3, -0.25) is 4.79 Å². The molecule has 90 valence electrons. The van der Waals surface area contributed by atoms with E-state index in [4.69, 9.17) is 0 Å². The predicted molar refractivity (Wildman–Crippen MR) is 59.6 cm³/mol. The standard InChI is InChI=1S/C11H23NO3/c1-6-11(4,8-13)7-12-10(2,3)9(14)15-5/h12-13H,6-8H2,1-5H3. The Morgan fingerprint density at radius 1 is 1.40 bits per heavy atom. The largest absolute Gasteiger partial charge is 0.468 e. The molecule has 0 aromatic heterocycles. The summed E-state index contributed by atoms with van der Waals surface area (Å²) in [7, 11) is 1.37. The molecule has 0 bridgehead atoms. The van der Waals surface area contributed by atoms with Crippen LogP contribution in [-0.2, 0) is 9.53 Å². The second-order valence-electron chi connectivity index (χ2n) is 4.79. The summed E-state index contributed by atoms with van der Waals surface area (Å²) in [4.78, 5) is 11.4. The number of hydrogen-bond acceptors (Lipinski definition) is 4. The van der Waals surface area contributed by atoms with Crippen LogP contribution in [0.25, 0.3) is 0 Å². The molecule has 0 aliphatic rings. The van der Waals surface area contributed by atoms with Gasteiger partial charge in [0.2, 0.25) is 0 Å². The quantitative estimate of drug-likeness (QED) is 0.650. The van der Waals surface area contributed by atoms with Crippen molar-refractivity contribution in [1.29, 1.82) is 0 Å². The first-order valence-electron chi connectivity index (χ1n) is 5.25. The summed E-state index contributed by atoms with van der Waals surface area (Å²) in [6.07, 6.45) is 0.855. The van der Waals surface area contributed by atoms with E-state index in [1.165, 1.54) is 7.11 Å². The fourth-order valence-corrected chi connectivity index (χ4v) is 1.05. The van der Waals surface area contributed by atoms with Crippen LogP contribution in [0.3, 0.4) is 0 Å². The van der Waals surface area contributed by atoms with Gasteiger partial charge in [-0.05, 0) is 20.3 Å². The molecule has 1 unspecified atom stereocenters. The predicted octanol–water partition coefficient (Wildman–Crippen LogP) is 0.936. The minimum absolute atomic E-state index is 0.105. The van der Waals surface area contributed by atoms with Gasteiger partial charge in [-0.1, -0.05) is 13.8 Å². The molecule has 1 atom stereocenters. The number of aliphatic hydroxyl groups excluding tert-OH is 1. The third kappa shape index (κ3) is 4.18. The maximum atomic E-state index is 11.4. The molecular weight excluding hydrogens is 194 g/mol. The van der Waals surface area contributed by atoms with Crippen LogP contribution in [0.1, 0.15) is 34.1 Å². The zero-order chi connectivity index (χ0) is 12.1. The second-order valence-corrected chi connectivity index (χ2v) is 4.79. The molecule has 0 aliphatic carbocycles. The van der Waals surface area contributed by atoms with Crippen molar-refractivity contribution < 1.29 is 14.6 Å². The van der Waals surface area contributed by atoms with Crippen LogP contribution in [0, 0.1) is 5.41 Å². The molecule has 0 heterocycles. The summed E-state index contributed by atoms with van der Waals surface area (Å²) in [6.45, 7) is 8.23. The fourth-order valence-electron chi connectivity index (χ4n) is 1.05. The van der Waals surface area contributed by atoms with E-state index in [0.29, 0.717) is 6.54 Å². The smallest absolute Gasteiger partial charge is 0.325 e. The number of carbonyl (C=O) groups is 1. The third-order valence-corrected chi connectivity index (χ3v) is 2.89. The van der Waals surface area contributed by atoms with E-state index in [-0.39, 0.29) is 18.0 Å². The van der Waals surface area contributed by atoms with Gasteiger partial charge in [0, 0.05) is 18.6 Å². The highest BCUT2D eigenvalue weighted by Gasteiger charge is 2.31. The first-order chi connectivity index (χ1) is 6.81.